The lowest BCUT2D eigenvalue weighted by atomic mass is 10.2. The van der Waals surface area contributed by atoms with Crippen LogP contribution in [-0.2, 0) is 22.6 Å². The van der Waals surface area contributed by atoms with Crippen molar-refractivity contribution in [3.63, 3.8) is 0 Å². The molecule has 2 aromatic rings. The molecular formula is C19H27N5O2S. The Hall–Kier alpha value is -2.06. The van der Waals surface area contributed by atoms with Gasteiger partial charge in [-0.1, -0.05) is 42.1 Å². The number of hydrogen-bond acceptors (Lipinski definition) is 6. The van der Waals surface area contributed by atoms with Gasteiger partial charge in [0.1, 0.15) is 0 Å². The minimum Gasteiger partial charge on any atom is -0.378 e. The minimum absolute atomic E-state index is 0.0856. The van der Waals surface area contributed by atoms with Gasteiger partial charge >= 0.3 is 0 Å². The van der Waals surface area contributed by atoms with Crippen LogP contribution in [0, 0.1) is 0 Å². The average molecular weight is 390 g/mol. The summed E-state index contributed by atoms with van der Waals surface area (Å²) in [5.74, 6) is 0.947. The van der Waals surface area contributed by atoms with E-state index in [-0.39, 0.29) is 11.2 Å². The van der Waals surface area contributed by atoms with Crippen molar-refractivity contribution < 1.29 is 9.53 Å². The van der Waals surface area contributed by atoms with Crippen LogP contribution in [0.1, 0.15) is 19.4 Å². The van der Waals surface area contributed by atoms with Crippen molar-refractivity contribution >= 4 is 23.6 Å². The highest BCUT2D eigenvalue weighted by molar-refractivity contribution is 8.00. The normalized spacial score (nSPS) is 15.6. The van der Waals surface area contributed by atoms with Gasteiger partial charge in [-0.25, -0.2) is 0 Å². The Bertz CT molecular complexity index is 746. The Kier molecular flexibility index (Phi) is 6.73. The topological polar surface area (TPSA) is 63.5 Å². The van der Waals surface area contributed by atoms with Gasteiger partial charge in [0.25, 0.3) is 0 Å². The van der Waals surface area contributed by atoms with Crippen molar-refractivity contribution in [1.82, 2.24) is 19.7 Å². The minimum atomic E-state index is -0.231. The molecule has 1 fully saturated rings. The summed E-state index contributed by atoms with van der Waals surface area (Å²) in [5, 5.41) is 9.28. The molecule has 0 N–H and O–H groups in total. The van der Waals surface area contributed by atoms with Crippen LogP contribution in [-0.4, -0.2) is 64.2 Å². The number of rotatable bonds is 7. The average Bonchev–Trinajstić information content (AvgIpc) is 3.11. The molecule has 1 aliphatic rings. The van der Waals surface area contributed by atoms with Gasteiger partial charge in [0.15, 0.2) is 5.16 Å². The zero-order valence-corrected chi connectivity index (χ0v) is 17.0. The number of thioether (sulfide) groups is 1. The summed E-state index contributed by atoms with van der Waals surface area (Å²) in [6, 6.07) is 10.0. The van der Waals surface area contributed by atoms with Crippen LogP contribution in [0.25, 0.3) is 0 Å². The first-order chi connectivity index (χ1) is 13.1. The third-order valence-corrected chi connectivity index (χ3v) is 5.64. The van der Waals surface area contributed by atoms with Gasteiger partial charge in [-0.3, -0.25) is 9.36 Å². The number of nitrogens with zero attached hydrogens (tertiary/aromatic N) is 5. The lowest BCUT2D eigenvalue weighted by Crippen LogP contribution is -2.38. The van der Waals surface area contributed by atoms with Crippen LogP contribution in [0.15, 0.2) is 35.5 Å². The van der Waals surface area contributed by atoms with E-state index in [9.17, 15) is 4.79 Å². The van der Waals surface area contributed by atoms with Crippen LogP contribution >= 0.6 is 11.8 Å². The van der Waals surface area contributed by atoms with E-state index >= 15 is 0 Å². The van der Waals surface area contributed by atoms with E-state index in [1.165, 1.54) is 11.8 Å². The molecule has 146 valence electrons. The second-order valence-electron chi connectivity index (χ2n) is 6.57. The quantitative estimate of drug-likeness (QED) is 0.677. The van der Waals surface area contributed by atoms with Crippen molar-refractivity contribution in [2.75, 3.05) is 38.3 Å². The van der Waals surface area contributed by atoms with Gasteiger partial charge in [-0.2, -0.15) is 0 Å². The molecule has 1 saturated heterocycles. The lowest BCUT2D eigenvalue weighted by Gasteiger charge is -2.27. The molecule has 1 atom stereocenters. The Morgan fingerprint density at radius 1 is 1.26 bits per heavy atom. The highest BCUT2D eigenvalue weighted by Gasteiger charge is 2.24. The number of benzene rings is 1. The SMILES string of the molecule is CCn1c(SC(C)C(=O)N(C)Cc2ccccc2)nnc1N1CCOCC1. The predicted octanol–water partition coefficient (Wildman–Crippen LogP) is 2.27. The standard InChI is InChI=1S/C19H27N5O2S/c1-4-24-18(23-10-12-26-13-11-23)20-21-19(24)27-15(2)17(25)22(3)14-16-8-6-5-7-9-16/h5-9,15H,4,10-14H2,1-3H3. The van der Waals surface area contributed by atoms with Crippen LogP contribution < -0.4 is 4.90 Å². The van der Waals surface area contributed by atoms with Crippen molar-refractivity contribution in [3.8, 4) is 0 Å². The number of aromatic nitrogens is 3. The molecule has 0 bridgehead atoms. The smallest absolute Gasteiger partial charge is 0.235 e. The van der Waals surface area contributed by atoms with E-state index < -0.39 is 0 Å². The molecule has 1 amide bonds. The van der Waals surface area contributed by atoms with Crippen LogP contribution in [0.4, 0.5) is 5.95 Å². The van der Waals surface area contributed by atoms with Crippen molar-refractivity contribution in [3.05, 3.63) is 35.9 Å². The van der Waals surface area contributed by atoms with Gasteiger partial charge in [0.05, 0.1) is 18.5 Å². The molecule has 1 aliphatic heterocycles. The summed E-state index contributed by atoms with van der Waals surface area (Å²) >= 11 is 1.47. The van der Waals surface area contributed by atoms with Gasteiger partial charge < -0.3 is 14.5 Å². The molecule has 2 heterocycles. The first-order valence-electron chi connectivity index (χ1n) is 9.31. The second kappa shape index (κ2) is 9.23. The number of amides is 1. The van der Waals surface area contributed by atoms with Gasteiger partial charge in [-0.15, -0.1) is 10.2 Å². The second-order valence-corrected chi connectivity index (χ2v) is 7.87. The summed E-state index contributed by atoms with van der Waals surface area (Å²) in [6.07, 6.45) is 0. The van der Waals surface area contributed by atoms with E-state index in [1.54, 1.807) is 4.90 Å². The monoisotopic (exact) mass is 389 g/mol. The largest absolute Gasteiger partial charge is 0.378 e. The Morgan fingerprint density at radius 2 is 1.96 bits per heavy atom. The maximum Gasteiger partial charge on any atom is 0.235 e. The fourth-order valence-electron chi connectivity index (χ4n) is 3.10. The highest BCUT2D eigenvalue weighted by Crippen LogP contribution is 2.27. The predicted molar refractivity (Wildman–Crippen MR) is 107 cm³/mol. The van der Waals surface area contributed by atoms with E-state index in [0.29, 0.717) is 19.8 Å². The summed E-state index contributed by atoms with van der Waals surface area (Å²) in [4.78, 5) is 16.7. The molecule has 27 heavy (non-hydrogen) atoms. The number of anilines is 1. The highest BCUT2D eigenvalue weighted by atomic mass is 32.2. The molecule has 0 saturated carbocycles. The fraction of sp³-hybridized carbons (Fsp3) is 0.526. The number of morpholine rings is 1. The van der Waals surface area contributed by atoms with E-state index in [2.05, 4.69) is 26.6 Å². The number of carbonyl (C=O) groups is 1. The van der Waals surface area contributed by atoms with E-state index in [0.717, 1.165) is 36.3 Å². The Morgan fingerprint density at radius 3 is 2.63 bits per heavy atom. The zero-order valence-electron chi connectivity index (χ0n) is 16.2. The first kappa shape index (κ1) is 19.7. The summed E-state index contributed by atoms with van der Waals surface area (Å²) in [7, 11) is 1.84. The van der Waals surface area contributed by atoms with Gasteiger partial charge in [0, 0.05) is 33.2 Å². The molecule has 0 aliphatic carbocycles. The zero-order chi connectivity index (χ0) is 19.2. The molecule has 1 unspecified atom stereocenters. The van der Waals surface area contributed by atoms with E-state index in [1.807, 2.05) is 44.3 Å². The maximum atomic E-state index is 12.8. The van der Waals surface area contributed by atoms with Crippen molar-refractivity contribution in [2.24, 2.45) is 0 Å². The first-order valence-corrected chi connectivity index (χ1v) is 10.2. The summed E-state index contributed by atoms with van der Waals surface area (Å²) in [6.45, 7) is 8.42. The van der Waals surface area contributed by atoms with Crippen molar-refractivity contribution in [1.29, 1.82) is 0 Å². The van der Waals surface area contributed by atoms with Gasteiger partial charge in [-0.05, 0) is 19.4 Å². The third kappa shape index (κ3) is 4.81. The van der Waals surface area contributed by atoms with E-state index in [4.69, 9.17) is 4.74 Å². The fourth-order valence-corrected chi connectivity index (χ4v) is 4.12. The molecule has 1 aromatic heterocycles. The molecule has 8 heteroatoms. The third-order valence-electron chi connectivity index (χ3n) is 4.58. The number of hydrogen-bond donors (Lipinski definition) is 0. The Balaban J connectivity index is 1.65. The van der Waals surface area contributed by atoms with Crippen molar-refractivity contribution in [2.45, 2.75) is 37.3 Å². The Labute approximate surface area is 164 Å². The molecule has 3 rings (SSSR count). The van der Waals surface area contributed by atoms with Crippen LogP contribution in [0.3, 0.4) is 0 Å². The maximum absolute atomic E-state index is 12.8. The summed E-state index contributed by atoms with van der Waals surface area (Å²) < 4.78 is 7.50. The molecular weight excluding hydrogens is 362 g/mol. The van der Waals surface area contributed by atoms with Crippen LogP contribution in [0.5, 0.6) is 0 Å². The van der Waals surface area contributed by atoms with Crippen LogP contribution in [0.2, 0.25) is 0 Å². The molecule has 0 spiro atoms. The lowest BCUT2D eigenvalue weighted by molar-refractivity contribution is -0.129. The molecule has 7 nitrogen and oxygen atoms in total. The number of carbonyl (C=O) groups excluding carboxylic acids is 1. The summed E-state index contributed by atoms with van der Waals surface area (Å²) in [5.41, 5.74) is 1.12. The molecule has 1 aromatic carbocycles. The molecule has 0 radical (unpaired) electrons. The van der Waals surface area contributed by atoms with Gasteiger partial charge in [0.2, 0.25) is 11.9 Å². The number of ether oxygens (including phenoxy) is 1.